The summed E-state index contributed by atoms with van der Waals surface area (Å²) in [7, 11) is 0. The minimum Gasteiger partial charge on any atom is -0.379 e. The largest absolute Gasteiger partial charge is 0.379 e. The van der Waals surface area contributed by atoms with Crippen molar-refractivity contribution in [3.05, 3.63) is 34.4 Å². The van der Waals surface area contributed by atoms with Crippen LogP contribution in [0.5, 0.6) is 0 Å². The number of amides is 2. The fourth-order valence-corrected chi connectivity index (χ4v) is 2.41. The third-order valence-corrected chi connectivity index (χ3v) is 3.63. The Morgan fingerprint density at radius 2 is 2.09 bits per heavy atom. The number of carbonyl (C=O) groups excluding carboxylic acids is 2. The lowest BCUT2D eigenvalue weighted by atomic mass is 10.0. The Kier molecular flexibility index (Phi) is 5.86. The van der Waals surface area contributed by atoms with E-state index in [9.17, 15) is 18.4 Å². The number of nitrogens with one attached hydrogen (secondary N) is 1. The Hall–Kier alpha value is -1.77. The molecule has 0 saturated carbocycles. The Bertz CT molecular complexity index is 615. The van der Waals surface area contributed by atoms with Crippen LogP contribution < -0.4 is 11.1 Å². The van der Waals surface area contributed by atoms with Crippen LogP contribution in [0.2, 0.25) is 5.02 Å². The maximum Gasteiger partial charge on any atom is 0.253 e. The zero-order chi connectivity index (χ0) is 17.0. The second-order valence-corrected chi connectivity index (χ2v) is 5.41. The van der Waals surface area contributed by atoms with Crippen LogP contribution in [-0.2, 0) is 14.3 Å². The van der Waals surface area contributed by atoms with Crippen LogP contribution in [0.1, 0.15) is 16.8 Å². The van der Waals surface area contributed by atoms with Crippen LogP contribution >= 0.6 is 11.6 Å². The van der Waals surface area contributed by atoms with E-state index in [2.05, 4.69) is 5.32 Å². The predicted molar refractivity (Wildman–Crippen MR) is 77.0 cm³/mol. The van der Waals surface area contributed by atoms with Gasteiger partial charge in [-0.25, -0.2) is 8.78 Å². The van der Waals surface area contributed by atoms with E-state index in [4.69, 9.17) is 26.8 Å². The van der Waals surface area contributed by atoms with Crippen molar-refractivity contribution in [2.75, 3.05) is 19.8 Å². The van der Waals surface area contributed by atoms with E-state index in [0.29, 0.717) is 13.0 Å². The third kappa shape index (κ3) is 4.60. The average Bonchev–Trinajstić information content (AvgIpc) is 2.49. The van der Waals surface area contributed by atoms with Crippen molar-refractivity contribution in [3.63, 3.8) is 0 Å². The fourth-order valence-electron chi connectivity index (χ4n) is 2.17. The van der Waals surface area contributed by atoms with Gasteiger partial charge in [0.2, 0.25) is 5.91 Å². The molecule has 0 unspecified atom stereocenters. The van der Waals surface area contributed by atoms with Gasteiger partial charge >= 0.3 is 0 Å². The highest BCUT2D eigenvalue weighted by atomic mass is 35.5. The van der Waals surface area contributed by atoms with Gasteiger partial charge in [0.1, 0.15) is 12.7 Å². The first-order chi connectivity index (χ1) is 10.9. The van der Waals surface area contributed by atoms with Gasteiger partial charge in [0.25, 0.3) is 5.91 Å². The number of ether oxygens (including phenoxy) is 2. The molecule has 0 bridgehead atoms. The molecule has 2 amide bonds. The minimum absolute atomic E-state index is 0.170. The SMILES string of the molecule is NC(=O)CO[C@@H]1COCC[C@H]1NC(=O)c1cc(F)c(F)cc1Cl. The minimum atomic E-state index is -1.17. The summed E-state index contributed by atoms with van der Waals surface area (Å²) in [6.07, 6.45) is -0.152. The molecule has 2 rings (SSSR count). The molecule has 0 spiro atoms. The summed E-state index contributed by atoms with van der Waals surface area (Å²) in [5, 5.41) is 2.42. The number of nitrogens with two attached hydrogens (primary N) is 1. The molecule has 9 heteroatoms. The number of benzene rings is 1. The summed E-state index contributed by atoms with van der Waals surface area (Å²) >= 11 is 5.77. The van der Waals surface area contributed by atoms with Gasteiger partial charge < -0.3 is 20.5 Å². The number of rotatable bonds is 5. The third-order valence-electron chi connectivity index (χ3n) is 3.31. The van der Waals surface area contributed by atoms with Crippen molar-refractivity contribution in [1.82, 2.24) is 5.32 Å². The van der Waals surface area contributed by atoms with Crippen molar-refractivity contribution >= 4 is 23.4 Å². The molecular formula is C14H15ClF2N2O4. The van der Waals surface area contributed by atoms with Gasteiger partial charge in [0, 0.05) is 6.61 Å². The first-order valence-electron chi connectivity index (χ1n) is 6.81. The number of halogens is 3. The second-order valence-electron chi connectivity index (χ2n) is 5.01. The summed E-state index contributed by atoms with van der Waals surface area (Å²) in [5.74, 6) is -3.63. The van der Waals surface area contributed by atoms with Crippen LogP contribution in [0.4, 0.5) is 8.78 Å². The van der Waals surface area contributed by atoms with Gasteiger partial charge in [-0.15, -0.1) is 0 Å². The van der Waals surface area contributed by atoms with Crippen LogP contribution in [0.3, 0.4) is 0 Å². The highest BCUT2D eigenvalue weighted by Crippen LogP contribution is 2.21. The fraction of sp³-hybridized carbons (Fsp3) is 0.429. The van der Waals surface area contributed by atoms with E-state index in [-0.39, 0.29) is 23.8 Å². The Morgan fingerprint density at radius 1 is 1.39 bits per heavy atom. The molecule has 6 nitrogen and oxygen atoms in total. The van der Waals surface area contributed by atoms with Gasteiger partial charge in [-0.2, -0.15) is 0 Å². The lowest BCUT2D eigenvalue weighted by Gasteiger charge is -2.31. The summed E-state index contributed by atoms with van der Waals surface area (Å²) in [5.41, 5.74) is 4.82. The molecule has 0 aliphatic carbocycles. The van der Waals surface area contributed by atoms with Crippen LogP contribution in [0.25, 0.3) is 0 Å². The van der Waals surface area contributed by atoms with E-state index in [0.717, 1.165) is 12.1 Å². The number of hydrogen-bond donors (Lipinski definition) is 2. The smallest absolute Gasteiger partial charge is 0.253 e. The molecule has 2 atom stereocenters. The van der Waals surface area contributed by atoms with Crippen molar-refractivity contribution in [3.8, 4) is 0 Å². The number of carbonyl (C=O) groups is 2. The molecule has 1 saturated heterocycles. The first kappa shape index (κ1) is 17.6. The predicted octanol–water partition coefficient (Wildman–Crippen LogP) is 1.01. The summed E-state index contributed by atoms with van der Waals surface area (Å²) in [6.45, 7) is 0.239. The zero-order valence-corrected chi connectivity index (χ0v) is 12.7. The standard InChI is InChI=1S/C14H15ClF2N2O4/c15-8-4-10(17)9(16)3-7(8)14(21)19-11-1-2-22-5-12(11)23-6-13(18)20/h3-4,11-12H,1-2,5-6H2,(H2,18,20)(H,19,21)/t11-,12-/m1/s1. The Morgan fingerprint density at radius 3 is 2.78 bits per heavy atom. The molecule has 1 aromatic carbocycles. The van der Waals surface area contributed by atoms with Gasteiger partial charge in [0.15, 0.2) is 11.6 Å². The lowest BCUT2D eigenvalue weighted by Crippen LogP contribution is -2.50. The number of hydrogen-bond acceptors (Lipinski definition) is 4. The first-order valence-corrected chi connectivity index (χ1v) is 7.19. The molecule has 1 aromatic rings. The van der Waals surface area contributed by atoms with Crippen molar-refractivity contribution < 1.29 is 27.8 Å². The Labute approximate surface area is 135 Å². The van der Waals surface area contributed by atoms with E-state index in [1.165, 1.54) is 0 Å². The van der Waals surface area contributed by atoms with Crippen LogP contribution in [-0.4, -0.2) is 43.8 Å². The topological polar surface area (TPSA) is 90.7 Å². The van der Waals surface area contributed by atoms with Gasteiger partial charge in [-0.1, -0.05) is 11.6 Å². The molecule has 23 heavy (non-hydrogen) atoms. The maximum absolute atomic E-state index is 13.3. The monoisotopic (exact) mass is 348 g/mol. The highest BCUT2D eigenvalue weighted by molar-refractivity contribution is 6.33. The highest BCUT2D eigenvalue weighted by Gasteiger charge is 2.29. The summed E-state index contributed by atoms with van der Waals surface area (Å²) in [6, 6.07) is 0.988. The Balaban J connectivity index is 2.08. The maximum atomic E-state index is 13.3. The lowest BCUT2D eigenvalue weighted by molar-refractivity contribution is -0.129. The molecular weight excluding hydrogens is 334 g/mol. The van der Waals surface area contributed by atoms with E-state index < -0.39 is 35.6 Å². The van der Waals surface area contributed by atoms with Crippen LogP contribution in [0, 0.1) is 11.6 Å². The molecule has 1 heterocycles. The van der Waals surface area contributed by atoms with Gasteiger partial charge in [0.05, 0.1) is 23.2 Å². The molecule has 0 radical (unpaired) electrons. The van der Waals surface area contributed by atoms with E-state index in [1.807, 2.05) is 0 Å². The second kappa shape index (κ2) is 7.67. The zero-order valence-electron chi connectivity index (χ0n) is 12.0. The molecule has 126 valence electrons. The summed E-state index contributed by atoms with van der Waals surface area (Å²) in [4.78, 5) is 23.0. The van der Waals surface area contributed by atoms with Crippen LogP contribution in [0.15, 0.2) is 12.1 Å². The van der Waals surface area contributed by atoms with E-state index >= 15 is 0 Å². The van der Waals surface area contributed by atoms with Crippen molar-refractivity contribution in [2.45, 2.75) is 18.6 Å². The molecule has 1 fully saturated rings. The average molecular weight is 349 g/mol. The molecule has 1 aliphatic heterocycles. The van der Waals surface area contributed by atoms with Crippen molar-refractivity contribution in [1.29, 1.82) is 0 Å². The normalized spacial score (nSPS) is 21.0. The molecule has 1 aliphatic rings. The molecule has 0 aromatic heterocycles. The van der Waals surface area contributed by atoms with Gasteiger partial charge in [-0.3, -0.25) is 9.59 Å². The van der Waals surface area contributed by atoms with E-state index in [1.54, 1.807) is 0 Å². The number of primary amides is 1. The summed E-state index contributed by atoms with van der Waals surface area (Å²) < 4.78 is 36.8. The molecule has 3 N–H and O–H groups in total. The van der Waals surface area contributed by atoms with Gasteiger partial charge in [-0.05, 0) is 18.6 Å². The quantitative estimate of drug-likeness (QED) is 0.777. The van der Waals surface area contributed by atoms with Crippen molar-refractivity contribution in [2.24, 2.45) is 5.73 Å².